The minimum atomic E-state index is -0.361. The third-order valence-corrected chi connectivity index (χ3v) is 7.31. The molecule has 0 radical (unpaired) electrons. The van der Waals surface area contributed by atoms with Crippen LogP contribution in [0.1, 0.15) is 24.0 Å². The number of nitro benzene ring substituents is 1. The third-order valence-electron chi connectivity index (χ3n) is 7.31. The molecule has 0 saturated carbocycles. The van der Waals surface area contributed by atoms with Gasteiger partial charge in [0.1, 0.15) is 11.2 Å². The molecular formula is C29H27N7O3. The number of fused-ring (bicyclic) bond motifs is 2. The van der Waals surface area contributed by atoms with Gasteiger partial charge in [-0.25, -0.2) is 4.68 Å². The minimum Gasteiger partial charge on any atom is -0.375 e. The Bertz CT molecular complexity index is 1810. The molecule has 5 aromatic rings. The van der Waals surface area contributed by atoms with Crippen LogP contribution in [0.5, 0.6) is 0 Å². The first-order valence-corrected chi connectivity index (χ1v) is 12.8. The first kappa shape index (κ1) is 24.4. The van der Waals surface area contributed by atoms with Crippen molar-refractivity contribution in [3.05, 3.63) is 105 Å². The lowest BCUT2D eigenvalue weighted by molar-refractivity contribution is -0.384. The van der Waals surface area contributed by atoms with E-state index in [0.29, 0.717) is 17.9 Å². The topological polar surface area (TPSA) is 122 Å². The summed E-state index contributed by atoms with van der Waals surface area (Å²) in [6.07, 6.45) is 1.74. The van der Waals surface area contributed by atoms with Crippen LogP contribution in [-0.2, 0) is 0 Å². The van der Waals surface area contributed by atoms with E-state index in [2.05, 4.69) is 32.1 Å². The summed E-state index contributed by atoms with van der Waals surface area (Å²) in [4.78, 5) is 29.2. The molecule has 0 spiro atoms. The van der Waals surface area contributed by atoms with Gasteiger partial charge in [-0.2, -0.15) is 0 Å². The van der Waals surface area contributed by atoms with E-state index in [0.717, 1.165) is 58.1 Å². The second-order valence-electron chi connectivity index (χ2n) is 9.87. The Morgan fingerprint density at radius 1 is 1.15 bits per heavy atom. The van der Waals surface area contributed by atoms with E-state index >= 15 is 0 Å². The van der Waals surface area contributed by atoms with E-state index in [4.69, 9.17) is 0 Å². The van der Waals surface area contributed by atoms with Crippen molar-refractivity contribution in [1.29, 1.82) is 0 Å². The zero-order valence-electron chi connectivity index (χ0n) is 21.4. The Kier molecular flexibility index (Phi) is 6.07. The maximum absolute atomic E-state index is 12.3. The summed E-state index contributed by atoms with van der Waals surface area (Å²) in [5.41, 5.74) is 5.45. The number of anilines is 1. The van der Waals surface area contributed by atoms with Gasteiger partial charge >= 0.3 is 0 Å². The number of nitrogens with zero attached hydrogens (tertiary/aromatic N) is 5. The summed E-state index contributed by atoms with van der Waals surface area (Å²) in [5, 5.41) is 25.0. The molecule has 39 heavy (non-hydrogen) atoms. The van der Waals surface area contributed by atoms with Gasteiger partial charge in [0.25, 0.3) is 5.69 Å². The van der Waals surface area contributed by atoms with Crippen LogP contribution in [0.2, 0.25) is 0 Å². The number of pyridine rings is 1. The fourth-order valence-corrected chi connectivity index (χ4v) is 5.42. The molecule has 3 heterocycles. The molecule has 0 amide bonds. The van der Waals surface area contributed by atoms with Gasteiger partial charge < -0.3 is 15.2 Å². The summed E-state index contributed by atoms with van der Waals surface area (Å²) >= 11 is 0. The maximum Gasteiger partial charge on any atom is 0.294 e. The fourth-order valence-electron chi connectivity index (χ4n) is 5.42. The van der Waals surface area contributed by atoms with E-state index in [1.54, 1.807) is 16.8 Å². The average Bonchev–Trinajstić information content (AvgIpc) is 3.37. The summed E-state index contributed by atoms with van der Waals surface area (Å²) < 4.78 is 1.62. The molecule has 2 aromatic heterocycles. The van der Waals surface area contributed by atoms with Crippen LogP contribution in [0, 0.1) is 17.0 Å². The zero-order valence-corrected chi connectivity index (χ0v) is 21.4. The normalized spacial score (nSPS) is 15.5. The number of piperidine rings is 1. The van der Waals surface area contributed by atoms with Crippen LogP contribution < -0.4 is 10.9 Å². The van der Waals surface area contributed by atoms with Crippen molar-refractivity contribution in [2.75, 3.05) is 18.4 Å². The van der Waals surface area contributed by atoms with Gasteiger partial charge in [0.2, 0.25) is 5.56 Å². The molecule has 1 aliphatic heterocycles. The van der Waals surface area contributed by atoms with Crippen molar-refractivity contribution in [2.45, 2.75) is 25.8 Å². The molecular weight excluding hydrogens is 494 g/mol. The number of nitrogens with one attached hydrogen (secondary N) is 2. The van der Waals surface area contributed by atoms with Crippen LogP contribution in [-0.4, -0.2) is 48.9 Å². The van der Waals surface area contributed by atoms with Crippen LogP contribution in [0.4, 0.5) is 11.4 Å². The van der Waals surface area contributed by atoms with Gasteiger partial charge in [-0.1, -0.05) is 42.1 Å². The molecule has 1 aliphatic rings. The molecule has 10 heteroatoms. The van der Waals surface area contributed by atoms with Gasteiger partial charge in [-0.3, -0.25) is 14.9 Å². The standard InChI is InChI=1S/C29H27N7O3/c1-18-14-21(35-26-12-6-5-11-25(26)32-33-35)15-27(36(38)39)29(18)30-20-8-7-13-34(17-20)19(2)23-16-28(37)31-24-10-4-3-9-22(23)24/h3-6,9-12,14-16,20,30H,2,7-8,13,17H2,1H3,(H,31,37). The predicted molar refractivity (Wildman–Crippen MR) is 152 cm³/mol. The highest BCUT2D eigenvalue weighted by molar-refractivity contribution is 5.90. The van der Waals surface area contributed by atoms with Gasteiger partial charge in [0.15, 0.2) is 0 Å². The smallest absolute Gasteiger partial charge is 0.294 e. The molecule has 6 rings (SSSR count). The summed E-state index contributed by atoms with van der Waals surface area (Å²) in [6.45, 7) is 7.58. The number of H-pyrrole nitrogens is 1. The van der Waals surface area contributed by atoms with E-state index < -0.39 is 0 Å². The SMILES string of the molecule is C=C(c1cc(=O)[nH]c2ccccc12)N1CCCC(Nc2c(C)cc(-n3nnc4ccccc43)cc2[N+](=O)[O-])C1. The Morgan fingerprint density at radius 3 is 2.79 bits per heavy atom. The molecule has 0 bridgehead atoms. The molecule has 1 saturated heterocycles. The van der Waals surface area contributed by atoms with Gasteiger partial charge in [0.05, 0.1) is 16.1 Å². The third kappa shape index (κ3) is 4.50. The van der Waals surface area contributed by atoms with Crippen molar-refractivity contribution < 1.29 is 4.92 Å². The molecule has 1 fully saturated rings. The maximum atomic E-state index is 12.3. The Balaban J connectivity index is 1.29. The van der Waals surface area contributed by atoms with Crippen LogP contribution in [0.15, 0.2) is 78.1 Å². The van der Waals surface area contributed by atoms with Gasteiger partial charge in [-0.15, -0.1) is 5.10 Å². The highest BCUT2D eigenvalue weighted by Crippen LogP contribution is 2.34. The summed E-state index contributed by atoms with van der Waals surface area (Å²) in [6, 6.07) is 20.1. The largest absolute Gasteiger partial charge is 0.375 e. The number of hydrogen-bond donors (Lipinski definition) is 2. The number of aromatic amines is 1. The highest BCUT2D eigenvalue weighted by Gasteiger charge is 2.27. The lowest BCUT2D eigenvalue weighted by Gasteiger charge is -2.36. The molecule has 196 valence electrons. The number of rotatable bonds is 6. The fraction of sp³-hybridized carbons (Fsp3) is 0.207. The first-order valence-electron chi connectivity index (χ1n) is 12.8. The van der Waals surface area contributed by atoms with Crippen LogP contribution in [0.25, 0.3) is 33.3 Å². The number of aryl methyl sites for hydroxylation is 1. The number of likely N-dealkylation sites (tertiary alicyclic amines) is 1. The summed E-state index contributed by atoms with van der Waals surface area (Å²) in [7, 11) is 0. The number of aromatic nitrogens is 4. The second kappa shape index (κ2) is 9.71. The van der Waals surface area contributed by atoms with Crippen LogP contribution in [0.3, 0.4) is 0 Å². The van der Waals surface area contributed by atoms with E-state index in [1.165, 1.54) is 0 Å². The number of nitro groups is 1. The molecule has 1 unspecified atom stereocenters. The predicted octanol–water partition coefficient (Wildman–Crippen LogP) is 5.03. The quantitative estimate of drug-likeness (QED) is 0.237. The first-order chi connectivity index (χ1) is 18.9. The van der Waals surface area contributed by atoms with Crippen molar-refractivity contribution >= 4 is 39.0 Å². The molecule has 3 aromatic carbocycles. The van der Waals surface area contributed by atoms with E-state index in [-0.39, 0.29) is 22.2 Å². The number of para-hydroxylation sites is 2. The molecule has 2 N–H and O–H groups in total. The highest BCUT2D eigenvalue weighted by atomic mass is 16.6. The van der Waals surface area contributed by atoms with Crippen LogP contribution >= 0.6 is 0 Å². The molecule has 10 nitrogen and oxygen atoms in total. The summed E-state index contributed by atoms with van der Waals surface area (Å²) in [5.74, 6) is 0. The average molecular weight is 522 g/mol. The lowest BCUT2D eigenvalue weighted by atomic mass is 10.0. The lowest BCUT2D eigenvalue weighted by Crippen LogP contribution is -2.41. The Morgan fingerprint density at radius 2 is 1.95 bits per heavy atom. The van der Waals surface area contributed by atoms with E-state index in [1.807, 2.05) is 61.5 Å². The zero-order chi connectivity index (χ0) is 27.1. The van der Waals surface area contributed by atoms with Crippen molar-refractivity contribution in [3.63, 3.8) is 0 Å². The number of hydrogen-bond acceptors (Lipinski definition) is 7. The molecule has 1 atom stereocenters. The Labute approximate surface area is 223 Å². The van der Waals surface area contributed by atoms with Gasteiger partial charge in [0, 0.05) is 53.4 Å². The van der Waals surface area contributed by atoms with Crippen molar-refractivity contribution in [1.82, 2.24) is 24.9 Å². The molecule has 0 aliphatic carbocycles. The van der Waals surface area contributed by atoms with E-state index in [9.17, 15) is 14.9 Å². The van der Waals surface area contributed by atoms with Crippen molar-refractivity contribution in [3.8, 4) is 5.69 Å². The minimum absolute atomic E-state index is 0.0129. The van der Waals surface area contributed by atoms with Gasteiger partial charge in [-0.05, 0) is 49.6 Å². The number of benzene rings is 3. The second-order valence-corrected chi connectivity index (χ2v) is 9.87. The monoisotopic (exact) mass is 521 g/mol. The Hall–Kier alpha value is -4.99. The van der Waals surface area contributed by atoms with Crippen molar-refractivity contribution in [2.24, 2.45) is 0 Å².